The molecule has 1 N–H and O–H groups in total. The average molecular weight is 301 g/mol. The summed E-state index contributed by atoms with van der Waals surface area (Å²) in [6.07, 6.45) is 5.42. The van der Waals surface area contributed by atoms with Gasteiger partial charge < -0.3 is 14.6 Å². The van der Waals surface area contributed by atoms with Crippen LogP contribution in [0, 0.1) is 0 Å². The van der Waals surface area contributed by atoms with Crippen LogP contribution in [0.15, 0.2) is 24.3 Å². The van der Waals surface area contributed by atoms with Gasteiger partial charge in [0.2, 0.25) is 0 Å². The third kappa shape index (κ3) is 1.83. The number of ether oxygens (including phenoxy) is 2. The largest absolute Gasteiger partial charge is 0.493 e. The Labute approximate surface area is 131 Å². The average Bonchev–Trinajstić information content (AvgIpc) is 2.76. The molecule has 0 amide bonds. The molecule has 0 saturated carbocycles. The fourth-order valence-corrected chi connectivity index (χ4v) is 4.26. The Morgan fingerprint density at radius 3 is 3.09 bits per heavy atom. The molecule has 0 radical (unpaired) electrons. The minimum absolute atomic E-state index is 0.00866. The molecule has 0 saturated heterocycles. The van der Waals surface area contributed by atoms with E-state index >= 15 is 0 Å². The lowest BCUT2D eigenvalue weighted by Gasteiger charge is -2.35. The first kappa shape index (κ1) is 14.1. The van der Waals surface area contributed by atoms with Crippen LogP contribution in [0.25, 0.3) is 0 Å². The molecule has 2 unspecified atom stereocenters. The van der Waals surface area contributed by atoms with E-state index in [2.05, 4.69) is 24.0 Å². The molecular formula is C18H23NO3. The van der Waals surface area contributed by atoms with Crippen LogP contribution in [0.5, 0.6) is 11.5 Å². The highest BCUT2D eigenvalue weighted by atomic mass is 16.5. The number of benzene rings is 1. The maximum atomic E-state index is 10.0. The van der Waals surface area contributed by atoms with E-state index in [1.54, 1.807) is 7.11 Å². The third-order valence-electron chi connectivity index (χ3n) is 5.48. The maximum Gasteiger partial charge on any atom is 0.166 e. The van der Waals surface area contributed by atoms with Crippen LogP contribution >= 0.6 is 0 Å². The topological polar surface area (TPSA) is 41.9 Å². The number of hydrogen-bond donors (Lipinski definition) is 1. The summed E-state index contributed by atoms with van der Waals surface area (Å²) in [5.41, 5.74) is 2.51. The molecule has 1 spiro atoms. The molecule has 0 aromatic heterocycles. The van der Waals surface area contributed by atoms with E-state index in [-0.39, 0.29) is 11.5 Å². The molecule has 1 aromatic carbocycles. The van der Waals surface area contributed by atoms with Crippen LogP contribution in [0.2, 0.25) is 0 Å². The van der Waals surface area contributed by atoms with Gasteiger partial charge in [-0.2, -0.15) is 0 Å². The molecule has 4 nitrogen and oxygen atoms in total. The second kappa shape index (κ2) is 5.00. The van der Waals surface area contributed by atoms with Crippen molar-refractivity contribution in [3.05, 3.63) is 35.4 Å². The van der Waals surface area contributed by atoms with Crippen LogP contribution in [0.1, 0.15) is 30.9 Å². The molecular weight excluding hydrogens is 278 g/mol. The van der Waals surface area contributed by atoms with E-state index < -0.39 is 6.10 Å². The SMILES string of the molecule is CCN1CCC23C=C[C@H](O)CC2Oc2c(OC)ccc(c23)C1. The minimum atomic E-state index is -0.412. The van der Waals surface area contributed by atoms with E-state index in [4.69, 9.17) is 9.47 Å². The summed E-state index contributed by atoms with van der Waals surface area (Å²) in [4.78, 5) is 2.48. The molecule has 3 atom stereocenters. The van der Waals surface area contributed by atoms with Gasteiger partial charge in [0.1, 0.15) is 6.10 Å². The van der Waals surface area contributed by atoms with Gasteiger partial charge in [0.25, 0.3) is 0 Å². The van der Waals surface area contributed by atoms with Crippen molar-refractivity contribution in [1.29, 1.82) is 0 Å². The van der Waals surface area contributed by atoms with Crippen molar-refractivity contribution in [3.8, 4) is 11.5 Å². The first-order valence-corrected chi connectivity index (χ1v) is 8.14. The fourth-order valence-electron chi connectivity index (χ4n) is 4.26. The zero-order valence-corrected chi connectivity index (χ0v) is 13.2. The van der Waals surface area contributed by atoms with E-state index in [1.807, 2.05) is 12.1 Å². The molecule has 22 heavy (non-hydrogen) atoms. The van der Waals surface area contributed by atoms with E-state index in [0.29, 0.717) is 6.42 Å². The molecule has 0 fully saturated rings. The van der Waals surface area contributed by atoms with Gasteiger partial charge in [0.15, 0.2) is 11.5 Å². The molecule has 4 rings (SSSR count). The second-order valence-corrected chi connectivity index (χ2v) is 6.56. The molecule has 1 aromatic rings. The highest BCUT2D eigenvalue weighted by Crippen LogP contribution is 2.55. The van der Waals surface area contributed by atoms with Gasteiger partial charge in [-0.3, -0.25) is 4.90 Å². The monoisotopic (exact) mass is 301 g/mol. The van der Waals surface area contributed by atoms with Crippen molar-refractivity contribution in [3.63, 3.8) is 0 Å². The van der Waals surface area contributed by atoms with Crippen LogP contribution in [0.3, 0.4) is 0 Å². The molecule has 0 bridgehead atoms. The number of rotatable bonds is 2. The lowest BCUT2D eigenvalue weighted by molar-refractivity contribution is 0.0813. The van der Waals surface area contributed by atoms with Crippen LogP contribution in [-0.2, 0) is 12.0 Å². The van der Waals surface area contributed by atoms with E-state index in [1.165, 1.54) is 11.1 Å². The third-order valence-corrected chi connectivity index (χ3v) is 5.48. The summed E-state index contributed by atoms with van der Waals surface area (Å²) in [6, 6.07) is 4.19. The molecule has 118 valence electrons. The zero-order valence-electron chi connectivity index (χ0n) is 13.2. The molecule has 2 heterocycles. The molecule has 1 aliphatic carbocycles. The quantitative estimate of drug-likeness (QED) is 0.851. The van der Waals surface area contributed by atoms with Crippen molar-refractivity contribution in [2.45, 2.75) is 43.9 Å². The summed E-state index contributed by atoms with van der Waals surface area (Å²) in [6.45, 7) is 5.27. The van der Waals surface area contributed by atoms with Gasteiger partial charge in [-0.1, -0.05) is 25.1 Å². The maximum absolute atomic E-state index is 10.0. The van der Waals surface area contributed by atoms with Gasteiger partial charge in [0.05, 0.1) is 18.6 Å². The van der Waals surface area contributed by atoms with Crippen molar-refractivity contribution in [1.82, 2.24) is 4.90 Å². The van der Waals surface area contributed by atoms with E-state index in [9.17, 15) is 5.11 Å². The predicted octanol–water partition coefficient (Wildman–Crippen LogP) is 2.24. The Kier molecular flexibility index (Phi) is 3.20. The first-order chi connectivity index (χ1) is 10.7. The number of methoxy groups -OCH3 is 1. The van der Waals surface area contributed by atoms with Crippen molar-refractivity contribution in [2.24, 2.45) is 0 Å². The molecule has 2 aliphatic heterocycles. The van der Waals surface area contributed by atoms with Crippen molar-refractivity contribution >= 4 is 0 Å². The molecule has 4 heteroatoms. The summed E-state index contributed by atoms with van der Waals surface area (Å²) in [5, 5.41) is 10.0. The van der Waals surface area contributed by atoms with Gasteiger partial charge in [0, 0.05) is 18.5 Å². The number of nitrogens with zero attached hydrogens (tertiary/aromatic N) is 1. The number of aliphatic hydroxyl groups excluding tert-OH is 1. The first-order valence-electron chi connectivity index (χ1n) is 8.14. The summed E-state index contributed by atoms with van der Waals surface area (Å²) in [5.74, 6) is 1.70. The Morgan fingerprint density at radius 1 is 1.45 bits per heavy atom. The summed E-state index contributed by atoms with van der Waals surface area (Å²) >= 11 is 0. The fraction of sp³-hybridized carbons (Fsp3) is 0.556. The normalized spacial score (nSPS) is 32.9. The van der Waals surface area contributed by atoms with Gasteiger partial charge in [-0.25, -0.2) is 0 Å². The molecule has 3 aliphatic rings. The minimum Gasteiger partial charge on any atom is -0.493 e. The Balaban J connectivity index is 1.92. The highest BCUT2D eigenvalue weighted by Gasteiger charge is 2.52. The van der Waals surface area contributed by atoms with Crippen molar-refractivity contribution in [2.75, 3.05) is 20.2 Å². The van der Waals surface area contributed by atoms with E-state index in [0.717, 1.165) is 37.6 Å². The second-order valence-electron chi connectivity index (χ2n) is 6.56. The Hall–Kier alpha value is -1.52. The van der Waals surface area contributed by atoms with Gasteiger partial charge >= 0.3 is 0 Å². The van der Waals surface area contributed by atoms with Crippen molar-refractivity contribution < 1.29 is 14.6 Å². The van der Waals surface area contributed by atoms with Gasteiger partial charge in [-0.05, 0) is 31.1 Å². The number of aliphatic hydroxyl groups is 1. The lowest BCUT2D eigenvalue weighted by atomic mass is 9.69. The Morgan fingerprint density at radius 2 is 2.32 bits per heavy atom. The highest BCUT2D eigenvalue weighted by molar-refractivity contribution is 5.60. The zero-order chi connectivity index (χ0) is 15.3. The van der Waals surface area contributed by atoms with Crippen LogP contribution in [0.4, 0.5) is 0 Å². The Bertz CT molecular complexity index is 627. The predicted molar refractivity (Wildman–Crippen MR) is 84.4 cm³/mol. The standard InChI is InChI=1S/C18H23NO3/c1-3-19-9-8-18-7-6-13(20)10-15(18)22-17-14(21-2)5-4-12(11-19)16(17)18/h4-7,13,15,20H,3,8-11H2,1-2H3/t13-,15?,18?/m0/s1. The smallest absolute Gasteiger partial charge is 0.166 e. The summed E-state index contributed by atoms with van der Waals surface area (Å²) in [7, 11) is 1.69. The summed E-state index contributed by atoms with van der Waals surface area (Å²) < 4.78 is 11.8. The van der Waals surface area contributed by atoms with Gasteiger partial charge in [-0.15, -0.1) is 0 Å². The lowest BCUT2D eigenvalue weighted by Crippen LogP contribution is -2.43. The number of hydrogen-bond acceptors (Lipinski definition) is 4. The van der Waals surface area contributed by atoms with Crippen LogP contribution < -0.4 is 9.47 Å². The van der Waals surface area contributed by atoms with Crippen LogP contribution in [-0.4, -0.2) is 42.4 Å².